The Morgan fingerprint density at radius 1 is 1.53 bits per heavy atom. The van der Waals surface area contributed by atoms with Crippen LogP contribution in [0.1, 0.15) is 11.3 Å². The summed E-state index contributed by atoms with van der Waals surface area (Å²) in [5, 5.41) is 8.12. The molecule has 4 nitrogen and oxygen atoms in total. The Morgan fingerprint density at radius 3 is 3.07 bits per heavy atom. The van der Waals surface area contributed by atoms with Crippen LogP contribution in [-0.2, 0) is 17.8 Å². The molecule has 0 bridgehead atoms. The molecule has 0 saturated heterocycles. The topological polar surface area (TPSA) is 46.1 Å². The second kappa shape index (κ2) is 4.33. The predicted molar refractivity (Wildman–Crippen MR) is 56.9 cm³/mol. The lowest BCUT2D eigenvalue weighted by Gasteiger charge is -2.26. The maximum Gasteiger partial charge on any atom is 0.237 e. The second-order valence-electron chi connectivity index (χ2n) is 3.34. The van der Waals surface area contributed by atoms with E-state index in [1.54, 1.807) is 11.0 Å². The van der Waals surface area contributed by atoms with E-state index in [0.29, 0.717) is 18.2 Å². The van der Waals surface area contributed by atoms with Crippen LogP contribution in [0.3, 0.4) is 0 Å². The third kappa shape index (κ3) is 2.21. The summed E-state index contributed by atoms with van der Waals surface area (Å²) in [5.74, 6) is -0.0600. The Bertz CT molecular complexity index is 397. The fraction of sp³-hybridized carbons (Fsp3) is 0.444. The van der Waals surface area contributed by atoms with Crippen molar-refractivity contribution in [1.82, 2.24) is 15.1 Å². The number of hydrogen-bond donors (Lipinski definition) is 0. The van der Waals surface area contributed by atoms with Gasteiger partial charge in [0, 0.05) is 6.54 Å². The Labute approximate surface area is 97.2 Å². The smallest absolute Gasteiger partial charge is 0.237 e. The zero-order valence-electron chi connectivity index (χ0n) is 7.91. The first-order chi connectivity index (χ1) is 7.20. The van der Waals surface area contributed by atoms with E-state index in [2.05, 4.69) is 10.2 Å². The SMILES string of the molecule is O=C(CCl)N1CCc2cc(Cl)nnc2C1. The van der Waals surface area contributed by atoms with Crippen molar-refractivity contribution in [1.29, 1.82) is 0 Å². The average molecular weight is 246 g/mol. The van der Waals surface area contributed by atoms with Gasteiger partial charge in [-0.3, -0.25) is 4.79 Å². The van der Waals surface area contributed by atoms with Gasteiger partial charge in [-0.2, -0.15) is 5.10 Å². The molecule has 2 heterocycles. The maximum absolute atomic E-state index is 11.4. The molecule has 80 valence electrons. The second-order valence-corrected chi connectivity index (χ2v) is 3.99. The van der Waals surface area contributed by atoms with Gasteiger partial charge in [0.1, 0.15) is 5.88 Å². The number of carbonyl (C=O) groups is 1. The zero-order chi connectivity index (χ0) is 10.8. The van der Waals surface area contributed by atoms with E-state index in [4.69, 9.17) is 23.2 Å². The lowest BCUT2D eigenvalue weighted by Crippen LogP contribution is -2.37. The van der Waals surface area contributed by atoms with Gasteiger partial charge in [-0.25, -0.2) is 0 Å². The average Bonchev–Trinajstić information content (AvgIpc) is 2.27. The number of amides is 1. The molecule has 1 aliphatic heterocycles. The van der Waals surface area contributed by atoms with Crippen molar-refractivity contribution in [3.63, 3.8) is 0 Å². The van der Waals surface area contributed by atoms with Crippen LogP contribution in [0.2, 0.25) is 5.15 Å². The molecular formula is C9H9Cl2N3O. The first-order valence-electron chi connectivity index (χ1n) is 4.55. The lowest BCUT2D eigenvalue weighted by molar-refractivity contribution is -0.129. The van der Waals surface area contributed by atoms with E-state index in [1.807, 2.05) is 0 Å². The summed E-state index contributed by atoms with van der Waals surface area (Å²) in [4.78, 5) is 13.0. The Balaban J connectivity index is 2.20. The van der Waals surface area contributed by atoms with Gasteiger partial charge in [-0.15, -0.1) is 16.7 Å². The minimum Gasteiger partial charge on any atom is -0.335 e. The highest BCUT2D eigenvalue weighted by molar-refractivity contribution is 6.29. The largest absolute Gasteiger partial charge is 0.335 e. The summed E-state index contributed by atoms with van der Waals surface area (Å²) >= 11 is 11.2. The number of carbonyl (C=O) groups excluding carboxylic acids is 1. The summed E-state index contributed by atoms with van der Waals surface area (Å²) in [5.41, 5.74) is 1.87. The van der Waals surface area contributed by atoms with E-state index >= 15 is 0 Å². The summed E-state index contributed by atoms with van der Waals surface area (Å²) in [6, 6.07) is 1.80. The van der Waals surface area contributed by atoms with Gasteiger partial charge in [0.05, 0.1) is 12.2 Å². The zero-order valence-corrected chi connectivity index (χ0v) is 9.42. The highest BCUT2D eigenvalue weighted by Crippen LogP contribution is 2.18. The van der Waals surface area contributed by atoms with Crippen molar-refractivity contribution in [3.8, 4) is 0 Å². The van der Waals surface area contributed by atoms with Crippen LogP contribution in [0, 0.1) is 0 Å². The maximum atomic E-state index is 11.4. The van der Waals surface area contributed by atoms with Crippen LogP contribution >= 0.6 is 23.2 Å². The van der Waals surface area contributed by atoms with Crippen molar-refractivity contribution in [3.05, 3.63) is 22.5 Å². The molecule has 1 aromatic heterocycles. The van der Waals surface area contributed by atoms with Crippen LogP contribution in [-0.4, -0.2) is 33.4 Å². The van der Waals surface area contributed by atoms with Gasteiger partial charge in [-0.1, -0.05) is 11.6 Å². The first-order valence-corrected chi connectivity index (χ1v) is 5.46. The summed E-state index contributed by atoms with van der Waals surface area (Å²) < 4.78 is 0. The Kier molecular flexibility index (Phi) is 3.07. The molecule has 6 heteroatoms. The third-order valence-electron chi connectivity index (χ3n) is 2.39. The molecule has 0 aromatic carbocycles. The molecule has 1 amide bonds. The fourth-order valence-corrected chi connectivity index (χ4v) is 1.93. The van der Waals surface area contributed by atoms with E-state index in [9.17, 15) is 4.79 Å². The van der Waals surface area contributed by atoms with Gasteiger partial charge in [-0.05, 0) is 18.1 Å². The summed E-state index contributed by atoms with van der Waals surface area (Å²) in [6.07, 6.45) is 0.757. The van der Waals surface area contributed by atoms with Crippen molar-refractivity contribution in [2.24, 2.45) is 0 Å². The summed E-state index contributed by atoms with van der Waals surface area (Å²) in [6.45, 7) is 1.14. The number of aromatic nitrogens is 2. The number of alkyl halides is 1. The molecule has 0 atom stereocenters. The number of hydrogen-bond acceptors (Lipinski definition) is 3. The van der Waals surface area contributed by atoms with Crippen LogP contribution in [0.5, 0.6) is 0 Å². The minimum absolute atomic E-state index is 0.0103. The molecule has 0 unspecified atom stereocenters. The van der Waals surface area contributed by atoms with Crippen molar-refractivity contribution in [2.75, 3.05) is 12.4 Å². The molecule has 15 heavy (non-hydrogen) atoms. The van der Waals surface area contributed by atoms with Crippen molar-refractivity contribution >= 4 is 29.1 Å². The van der Waals surface area contributed by atoms with Crippen molar-refractivity contribution in [2.45, 2.75) is 13.0 Å². The molecule has 0 radical (unpaired) electrons. The van der Waals surface area contributed by atoms with Gasteiger partial charge in [0.25, 0.3) is 0 Å². The molecule has 0 N–H and O–H groups in total. The normalized spacial score (nSPS) is 14.9. The molecule has 1 aromatic rings. The molecule has 0 spiro atoms. The van der Waals surface area contributed by atoms with Crippen LogP contribution in [0.15, 0.2) is 6.07 Å². The number of fused-ring (bicyclic) bond motifs is 1. The quantitative estimate of drug-likeness (QED) is 0.700. The van der Waals surface area contributed by atoms with E-state index in [0.717, 1.165) is 17.7 Å². The monoisotopic (exact) mass is 245 g/mol. The van der Waals surface area contributed by atoms with Crippen LogP contribution in [0.25, 0.3) is 0 Å². The Hall–Kier alpha value is -0.870. The summed E-state index contributed by atoms with van der Waals surface area (Å²) in [7, 11) is 0. The molecule has 0 fully saturated rings. The lowest BCUT2D eigenvalue weighted by atomic mass is 10.1. The molecule has 0 saturated carbocycles. The number of rotatable bonds is 1. The highest BCUT2D eigenvalue weighted by atomic mass is 35.5. The minimum atomic E-state index is -0.0703. The highest BCUT2D eigenvalue weighted by Gasteiger charge is 2.21. The van der Waals surface area contributed by atoms with Crippen LogP contribution in [0.4, 0.5) is 0 Å². The van der Waals surface area contributed by atoms with Gasteiger partial charge >= 0.3 is 0 Å². The molecule has 0 aliphatic carbocycles. The standard InChI is InChI=1S/C9H9Cl2N3O/c10-4-9(15)14-2-1-6-3-8(11)13-12-7(6)5-14/h3H,1-2,4-5H2. The van der Waals surface area contributed by atoms with Crippen molar-refractivity contribution < 1.29 is 4.79 Å². The third-order valence-corrected chi connectivity index (χ3v) is 2.80. The predicted octanol–water partition coefficient (Wildman–Crippen LogP) is 1.25. The van der Waals surface area contributed by atoms with E-state index in [-0.39, 0.29) is 11.8 Å². The van der Waals surface area contributed by atoms with Gasteiger partial charge in [0.2, 0.25) is 5.91 Å². The van der Waals surface area contributed by atoms with E-state index < -0.39 is 0 Å². The van der Waals surface area contributed by atoms with Crippen LogP contribution < -0.4 is 0 Å². The van der Waals surface area contributed by atoms with Gasteiger partial charge < -0.3 is 4.90 Å². The number of nitrogens with zero attached hydrogens (tertiary/aromatic N) is 3. The first kappa shape index (κ1) is 10.6. The van der Waals surface area contributed by atoms with E-state index in [1.165, 1.54) is 0 Å². The van der Waals surface area contributed by atoms with Gasteiger partial charge in [0.15, 0.2) is 5.15 Å². The fourth-order valence-electron chi connectivity index (χ4n) is 1.59. The molecule has 1 aliphatic rings. The molecular weight excluding hydrogens is 237 g/mol. The molecule has 2 rings (SSSR count). The Morgan fingerprint density at radius 2 is 2.33 bits per heavy atom. The number of halogens is 2.